The summed E-state index contributed by atoms with van der Waals surface area (Å²) < 4.78 is 57.4. The Bertz CT molecular complexity index is 947. The van der Waals surface area contributed by atoms with Gasteiger partial charge >= 0.3 is 0 Å². The second kappa shape index (κ2) is 8.82. The molecule has 1 amide bonds. The summed E-state index contributed by atoms with van der Waals surface area (Å²) in [5.74, 6) is -0.311. The van der Waals surface area contributed by atoms with E-state index in [4.69, 9.17) is 9.60 Å². The van der Waals surface area contributed by atoms with Gasteiger partial charge in [-0.1, -0.05) is 55.4 Å². The summed E-state index contributed by atoms with van der Waals surface area (Å²) in [6.45, 7) is 0.925. The molecule has 3 nitrogen and oxygen atoms in total. The highest BCUT2D eigenvalue weighted by atomic mass is 16.2. The number of carbonyl (C=O) groups excluding carboxylic acids is 1. The predicted octanol–water partition coefficient (Wildman–Crippen LogP) is 4.14. The third kappa shape index (κ3) is 4.70. The number of hydrogen-bond acceptors (Lipinski definition) is 2. The Balaban J connectivity index is 1.84. The topological polar surface area (TPSA) is 23.6 Å². The van der Waals surface area contributed by atoms with Crippen LogP contribution in [0.15, 0.2) is 60.5 Å². The first-order valence-corrected chi connectivity index (χ1v) is 8.76. The number of piperidine rings is 1. The molecule has 1 aliphatic heterocycles. The number of nitrogens with zero attached hydrogens (tertiary/aromatic N) is 2. The molecule has 1 aliphatic rings. The minimum Gasteiger partial charge on any atom is -0.309 e. The second-order valence-corrected chi connectivity index (χ2v) is 6.13. The van der Waals surface area contributed by atoms with Crippen LogP contribution in [0.5, 0.6) is 0 Å². The molecule has 0 aromatic heterocycles. The number of amides is 1. The van der Waals surface area contributed by atoms with Crippen LogP contribution in [0, 0.1) is 0 Å². The zero-order valence-corrected chi connectivity index (χ0v) is 14.5. The lowest BCUT2D eigenvalue weighted by Crippen LogP contribution is -2.47. The Morgan fingerprint density at radius 3 is 2.52 bits per heavy atom. The van der Waals surface area contributed by atoms with Gasteiger partial charge in [-0.25, -0.2) is 0 Å². The van der Waals surface area contributed by atoms with Crippen LogP contribution in [0.4, 0.5) is 5.69 Å². The van der Waals surface area contributed by atoms with Gasteiger partial charge in [0, 0.05) is 40.5 Å². The summed E-state index contributed by atoms with van der Waals surface area (Å²) in [5, 5.41) is 0. The summed E-state index contributed by atoms with van der Waals surface area (Å²) in [4.78, 5) is 16.0. The van der Waals surface area contributed by atoms with Gasteiger partial charge in [0.15, 0.2) is 0 Å². The molecule has 0 bridgehead atoms. The number of rotatable bonds is 6. The van der Waals surface area contributed by atoms with Crippen molar-refractivity contribution >= 4 is 11.6 Å². The third-order valence-electron chi connectivity index (χ3n) is 4.48. The van der Waals surface area contributed by atoms with Gasteiger partial charge in [-0.2, -0.15) is 0 Å². The molecular weight excluding hydrogens is 308 g/mol. The van der Waals surface area contributed by atoms with Crippen LogP contribution in [0.25, 0.3) is 0 Å². The van der Waals surface area contributed by atoms with Gasteiger partial charge in [0.1, 0.15) is 0 Å². The van der Waals surface area contributed by atoms with Crippen LogP contribution in [0.1, 0.15) is 41.3 Å². The number of hydrogen-bond donors (Lipinski definition) is 0. The minimum atomic E-state index is -1.55. The van der Waals surface area contributed by atoms with Crippen LogP contribution in [0.2, 0.25) is 0 Å². The van der Waals surface area contributed by atoms with E-state index in [9.17, 15) is 4.79 Å². The minimum absolute atomic E-state index is 0.0893. The van der Waals surface area contributed by atoms with Gasteiger partial charge in [0.25, 0.3) is 0 Å². The lowest BCUT2D eigenvalue weighted by molar-refractivity contribution is -0.119. The van der Waals surface area contributed by atoms with Crippen LogP contribution < -0.4 is 4.90 Å². The van der Waals surface area contributed by atoms with Crippen molar-refractivity contribution in [1.82, 2.24) is 4.90 Å². The highest BCUT2D eigenvalue weighted by Gasteiger charge is 2.28. The van der Waals surface area contributed by atoms with E-state index < -0.39 is 24.6 Å². The zero-order chi connectivity index (χ0) is 23.6. The van der Waals surface area contributed by atoms with Crippen molar-refractivity contribution in [3.8, 4) is 0 Å². The first kappa shape index (κ1) is 10.8. The fraction of sp³-hybridized carbons (Fsp3) is 0.409. The van der Waals surface area contributed by atoms with Crippen molar-refractivity contribution in [2.75, 3.05) is 24.5 Å². The Labute approximate surface area is 161 Å². The monoisotopic (exact) mass is 343 g/mol. The Morgan fingerprint density at radius 1 is 1.20 bits per heavy atom. The van der Waals surface area contributed by atoms with Gasteiger partial charge in [-0.3, -0.25) is 4.79 Å². The molecule has 3 rings (SSSR count). The van der Waals surface area contributed by atoms with Crippen LogP contribution >= 0.6 is 0 Å². The van der Waals surface area contributed by atoms with Crippen LogP contribution in [-0.2, 0) is 11.2 Å². The molecule has 1 fully saturated rings. The summed E-state index contributed by atoms with van der Waals surface area (Å²) in [5.41, 5.74) is 0.815. The van der Waals surface area contributed by atoms with Crippen molar-refractivity contribution in [3.63, 3.8) is 0 Å². The molecule has 1 heterocycles. The van der Waals surface area contributed by atoms with Crippen molar-refractivity contribution in [3.05, 3.63) is 66.1 Å². The first-order valence-electron chi connectivity index (χ1n) is 12.3. The molecule has 25 heavy (non-hydrogen) atoms. The molecule has 3 heteroatoms. The first-order chi connectivity index (χ1) is 15.1. The van der Waals surface area contributed by atoms with E-state index in [1.165, 1.54) is 4.90 Å². The molecule has 132 valence electrons. The maximum Gasteiger partial charge on any atom is 0.226 e. The number of para-hydroxylation sites is 1. The molecule has 1 saturated heterocycles. The molecule has 0 aliphatic carbocycles. The third-order valence-corrected chi connectivity index (χ3v) is 4.48. The van der Waals surface area contributed by atoms with Gasteiger partial charge < -0.3 is 9.80 Å². The van der Waals surface area contributed by atoms with E-state index in [1.807, 2.05) is 30.3 Å². The maximum absolute atomic E-state index is 12.8. The highest BCUT2D eigenvalue weighted by Crippen LogP contribution is 2.24. The summed E-state index contributed by atoms with van der Waals surface area (Å²) in [6, 6.07) is 6.87. The van der Waals surface area contributed by atoms with E-state index in [-0.39, 0.29) is 42.6 Å². The molecule has 2 aromatic rings. The van der Waals surface area contributed by atoms with Crippen LogP contribution in [-0.4, -0.2) is 36.4 Å². The quantitative estimate of drug-likeness (QED) is 0.787. The molecule has 0 N–H and O–H groups in total. The summed E-state index contributed by atoms with van der Waals surface area (Å²) >= 11 is 0. The number of anilines is 1. The normalized spacial score (nSPS) is 20.4. The molecule has 0 spiro atoms. The number of carbonyl (C=O) groups is 1. The molecule has 0 radical (unpaired) electrons. The van der Waals surface area contributed by atoms with Crippen molar-refractivity contribution in [1.29, 1.82) is 0 Å². The molecule has 0 atom stereocenters. The summed E-state index contributed by atoms with van der Waals surface area (Å²) in [7, 11) is 0. The van der Waals surface area contributed by atoms with E-state index in [0.717, 1.165) is 5.56 Å². The largest absolute Gasteiger partial charge is 0.309 e. The molecule has 2 aromatic carbocycles. The Hall–Kier alpha value is -2.13. The Kier molecular flexibility index (Phi) is 3.80. The highest BCUT2D eigenvalue weighted by molar-refractivity contribution is 5.93. The average molecular weight is 344 g/mol. The van der Waals surface area contributed by atoms with Gasteiger partial charge in [0.2, 0.25) is 5.91 Å². The van der Waals surface area contributed by atoms with Gasteiger partial charge in [-0.15, -0.1) is 0 Å². The van der Waals surface area contributed by atoms with Crippen molar-refractivity contribution in [2.24, 2.45) is 0 Å². The maximum atomic E-state index is 12.8. The van der Waals surface area contributed by atoms with E-state index >= 15 is 0 Å². The van der Waals surface area contributed by atoms with E-state index in [2.05, 4.69) is 0 Å². The fourth-order valence-corrected chi connectivity index (χ4v) is 3.13. The number of likely N-dealkylation sites (tertiary alicyclic amines) is 1. The van der Waals surface area contributed by atoms with Crippen molar-refractivity contribution < 1.29 is 14.4 Å². The van der Waals surface area contributed by atoms with E-state index in [1.54, 1.807) is 11.8 Å². The molecule has 0 unspecified atom stereocenters. The van der Waals surface area contributed by atoms with Crippen molar-refractivity contribution in [2.45, 2.75) is 38.6 Å². The van der Waals surface area contributed by atoms with E-state index in [0.29, 0.717) is 25.9 Å². The number of benzene rings is 2. The predicted molar refractivity (Wildman–Crippen MR) is 104 cm³/mol. The molecule has 0 saturated carbocycles. The smallest absolute Gasteiger partial charge is 0.226 e. The number of aryl methyl sites for hydroxylation is 1. The summed E-state index contributed by atoms with van der Waals surface area (Å²) in [6.07, 6.45) is 1.28. The average Bonchev–Trinajstić information content (AvgIpc) is 2.79. The second-order valence-electron chi connectivity index (χ2n) is 6.13. The molecular formula is C22H28N2O. The van der Waals surface area contributed by atoms with Crippen LogP contribution in [0.3, 0.4) is 0 Å². The standard InChI is InChI=1S/C22H28N2O/c1-2-22(25)24(20-11-7-4-8-12-20)21-14-17-23(18-15-21)16-13-19-9-5-3-6-10-19/h3-12,21H,2,13-18H2,1H3/i4D,7D,8D,11D,12D,16D2. The van der Waals surface area contributed by atoms with Gasteiger partial charge in [0.05, 0.1) is 6.85 Å². The Morgan fingerprint density at radius 2 is 1.88 bits per heavy atom. The van der Waals surface area contributed by atoms with Gasteiger partial charge in [-0.05, 0) is 36.9 Å². The lowest BCUT2D eigenvalue weighted by Gasteiger charge is -2.38. The zero-order valence-electron chi connectivity index (χ0n) is 21.5. The lowest BCUT2D eigenvalue weighted by atomic mass is 10.0. The fourth-order valence-electron chi connectivity index (χ4n) is 3.13. The SMILES string of the molecule is [2H]c1c([2H])c([2H])c(N(C(=O)CC)C2CCN(C([2H])([2H])Cc3ccccc3)CC2)c([2H])c1[2H].